The van der Waals surface area contributed by atoms with Gasteiger partial charge in [0.2, 0.25) is 0 Å². The van der Waals surface area contributed by atoms with Gasteiger partial charge >= 0.3 is 5.97 Å². The number of allylic oxidation sites excluding steroid dienone is 11. The Kier molecular flexibility index (Phi) is 16.2. The zero-order chi connectivity index (χ0) is 19.5. The van der Waals surface area contributed by atoms with Crippen molar-refractivity contribution >= 4 is 5.97 Å². The summed E-state index contributed by atoms with van der Waals surface area (Å²) < 4.78 is 0. The molecule has 3 N–H and O–H groups in total. The number of carbonyl (C=O) groups is 1. The Morgan fingerprint density at radius 2 is 1.35 bits per heavy atom. The van der Waals surface area contributed by atoms with Crippen LogP contribution in [-0.2, 0) is 4.79 Å². The number of carboxylic acid groups (broad SMARTS) is 1. The van der Waals surface area contributed by atoms with Crippen LogP contribution in [0, 0.1) is 0 Å². The SMILES string of the molecule is CC[C@@H](O)[C@@H](O)/C=C/C=C/C=C\C/C=C\C/C=C\C/C=C\CCC(=O)O. The third kappa shape index (κ3) is 16.7. The number of hydrogen-bond donors (Lipinski definition) is 3. The second kappa shape index (κ2) is 17.6. The maximum atomic E-state index is 10.3. The van der Waals surface area contributed by atoms with Gasteiger partial charge in [-0.3, -0.25) is 4.79 Å². The lowest BCUT2D eigenvalue weighted by Crippen LogP contribution is -2.22. The van der Waals surface area contributed by atoms with Gasteiger partial charge in [-0.05, 0) is 32.1 Å². The van der Waals surface area contributed by atoms with E-state index in [1.165, 1.54) is 0 Å². The van der Waals surface area contributed by atoms with Gasteiger partial charge in [-0.1, -0.05) is 79.8 Å². The summed E-state index contributed by atoms with van der Waals surface area (Å²) in [7, 11) is 0. The second-order valence-electron chi connectivity index (χ2n) is 5.72. The molecule has 0 saturated heterocycles. The van der Waals surface area contributed by atoms with Gasteiger partial charge in [-0.2, -0.15) is 0 Å². The normalized spacial score (nSPS) is 15.5. The van der Waals surface area contributed by atoms with E-state index in [0.29, 0.717) is 12.8 Å². The van der Waals surface area contributed by atoms with Crippen LogP contribution in [0.1, 0.15) is 45.4 Å². The largest absolute Gasteiger partial charge is 0.481 e. The molecule has 0 rings (SSSR count). The monoisotopic (exact) mass is 360 g/mol. The van der Waals surface area contributed by atoms with Gasteiger partial charge in [0.05, 0.1) is 12.2 Å². The fourth-order valence-electron chi connectivity index (χ4n) is 1.87. The average Bonchev–Trinajstić information content (AvgIpc) is 2.63. The molecule has 0 radical (unpaired) electrons. The highest BCUT2D eigenvalue weighted by Gasteiger charge is 2.08. The summed E-state index contributed by atoms with van der Waals surface area (Å²) in [4.78, 5) is 10.3. The van der Waals surface area contributed by atoms with Crippen molar-refractivity contribution < 1.29 is 20.1 Å². The van der Waals surface area contributed by atoms with Crippen LogP contribution in [0.2, 0.25) is 0 Å². The van der Waals surface area contributed by atoms with E-state index < -0.39 is 18.2 Å². The lowest BCUT2D eigenvalue weighted by Gasteiger charge is -2.10. The van der Waals surface area contributed by atoms with Crippen molar-refractivity contribution in [3.05, 3.63) is 72.9 Å². The first-order valence-corrected chi connectivity index (χ1v) is 9.10. The van der Waals surface area contributed by atoms with Crippen molar-refractivity contribution in [2.75, 3.05) is 0 Å². The molecule has 0 unspecified atom stereocenters. The van der Waals surface area contributed by atoms with E-state index in [9.17, 15) is 15.0 Å². The summed E-state index contributed by atoms with van der Waals surface area (Å²) in [6, 6.07) is 0. The number of aliphatic hydroxyl groups is 2. The fourth-order valence-corrected chi connectivity index (χ4v) is 1.87. The van der Waals surface area contributed by atoms with Gasteiger partial charge < -0.3 is 15.3 Å². The van der Waals surface area contributed by atoms with E-state index in [-0.39, 0.29) is 6.42 Å². The second-order valence-corrected chi connectivity index (χ2v) is 5.72. The fraction of sp³-hybridized carbons (Fsp3) is 0.409. The van der Waals surface area contributed by atoms with Crippen molar-refractivity contribution in [2.45, 2.75) is 57.7 Å². The highest BCUT2D eigenvalue weighted by Crippen LogP contribution is 2.00. The predicted octanol–water partition coefficient (Wildman–Crippen LogP) is 4.49. The molecule has 0 aromatic carbocycles. The minimum atomic E-state index is -0.815. The lowest BCUT2D eigenvalue weighted by atomic mass is 10.1. The maximum Gasteiger partial charge on any atom is 0.303 e. The molecule has 2 atom stereocenters. The molecule has 0 saturated carbocycles. The molecule has 0 bridgehead atoms. The summed E-state index contributed by atoms with van der Waals surface area (Å²) in [6.45, 7) is 1.83. The Labute approximate surface area is 157 Å². The molecule has 0 aromatic heterocycles. The number of carboxylic acids is 1. The standard InChI is InChI=1S/C22H32O4/c1-2-20(23)21(24)18-16-14-12-10-8-6-4-3-5-7-9-11-13-15-17-19-22(25)26/h3-4,7-10,12-16,18,20-21,23-24H,2,5-6,11,17,19H2,1H3,(H,25,26)/b4-3-,9-7-,10-8-,14-12+,15-13-,18-16+/t20-,21+/m1/s1. The minimum Gasteiger partial charge on any atom is -0.481 e. The highest BCUT2D eigenvalue weighted by molar-refractivity contribution is 5.66. The van der Waals surface area contributed by atoms with Gasteiger partial charge in [0.1, 0.15) is 0 Å². The molecule has 0 amide bonds. The number of rotatable bonds is 14. The first-order valence-electron chi connectivity index (χ1n) is 9.10. The molecular formula is C22H32O4. The van der Waals surface area contributed by atoms with E-state index in [1.54, 1.807) is 12.2 Å². The van der Waals surface area contributed by atoms with Gasteiger partial charge in [0.25, 0.3) is 0 Å². The molecule has 0 aliphatic rings. The van der Waals surface area contributed by atoms with Crippen LogP contribution < -0.4 is 0 Å². The van der Waals surface area contributed by atoms with Gasteiger partial charge in [-0.15, -0.1) is 0 Å². The van der Waals surface area contributed by atoms with E-state index in [1.807, 2.05) is 43.4 Å². The molecule has 4 nitrogen and oxygen atoms in total. The Hall–Kier alpha value is -2.17. The van der Waals surface area contributed by atoms with Crippen LogP contribution in [0.4, 0.5) is 0 Å². The van der Waals surface area contributed by atoms with Gasteiger partial charge in [-0.25, -0.2) is 0 Å². The summed E-state index contributed by atoms with van der Waals surface area (Å²) in [5, 5.41) is 27.4. The molecule has 0 heterocycles. The quantitative estimate of drug-likeness (QED) is 0.315. The zero-order valence-electron chi connectivity index (χ0n) is 15.6. The Bertz CT molecular complexity index is 524. The Morgan fingerprint density at radius 3 is 1.92 bits per heavy atom. The van der Waals surface area contributed by atoms with Crippen LogP contribution in [0.5, 0.6) is 0 Å². The number of aliphatic hydroxyl groups excluding tert-OH is 2. The smallest absolute Gasteiger partial charge is 0.303 e. The van der Waals surface area contributed by atoms with Crippen LogP contribution in [0.15, 0.2) is 72.9 Å². The third-order valence-electron chi connectivity index (χ3n) is 3.43. The number of aliphatic carboxylic acids is 1. The first-order chi connectivity index (χ1) is 12.6. The topological polar surface area (TPSA) is 77.8 Å². The zero-order valence-corrected chi connectivity index (χ0v) is 15.6. The van der Waals surface area contributed by atoms with E-state index in [0.717, 1.165) is 19.3 Å². The van der Waals surface area contributed by atoms with Crippen molar-refractivity contribution in [1.82, 2.24) is 0 Å². The van der Waals surface area contributed by atoms with E-state index in [2.05, 4.69) is 24.3 Å². The lowest BCUT2D eigenvalue weighted by molar-refractivity contribution is -0.136. The van der Waals surface area contributed by atoms with Crippen LogP contribution in [0.25, 0.3) is 0 Å². The van der Waals surface area contributed by atoms with E-state index >= 15 is 0 Å². The third-order valence-corrected chi connectivity index (χ3v) is 3.43. The summed E-state index contributed by atoms with van der Waals surface area (Å²) >= 11 is 0. The van der Waals surface area contributed by atoms with E-state index in [4.69, 9.17) is 5.11 Å². The molecule has 26 heavy (non-hydrogen) atoms. The molecule has 144 valence electrons. The first kappa shape index (κ1) is 23.8. The molecule has 0 aromatic rings. The molecule has 4 heteroatoms. The Balaban J connectivity index is 3.72. The van der Waals surface area contributed by atoms with Crippen molar-refractivity contribution in [3.8, 4) is 0 Å². The average molecular weight is 360 g/mol. The molecular weight excluding hydrogens is 328 g/mol. The predicted molar refractivity (Wildman–Crippen MR) is 108 cm³/mol. The molecule has 0 aliphatic heterocycles. The molecule has 0 spiro atoms. The summed E-state index contributed by atoms with van der Waals surface area (Å²) in [5.41, 5.74) is 0. The molecule has 0 fully saturated rings. The highest BCUT2D eigenvalue weighted by atomic mass is 16.4. The van der Waals surface area contributed by atoms with Crippen LogP contribution in [-0.4, -0.2) is 33.5 Å². The Morgan fingerprint density at radius 1 is 0.808 bits per heavy atom. The van der Waals surface area contributed by atoms with Crippen molar-refractivity contribution in [2.24, 2.45) is 0 Å². The van der Waals surface area contributed by atoms with Crippen molar-refractivity contribution in [3.63, 3.8) is 0 Å². The summed E-state index contributed by atoms with van der Waals surface area (Å²) in [5.74, 6) is -0.762. The van der Waals surface area contributed by atoms with Crippen LogP contribution in [0.3, 0.4) is 0 Å². The number of hydrogen-bond acceptors (Lipinski definition) is 3. The van der Waals surface area contributed by atoms with Crippen molar-refractivity contribution in [1.29, 1.82) is 0 Å². The summed E-state index contributed by atoms with van der Waals surface area (Å²) in [6.07, 6.45) is 25.5. The maximum absolute atomic E-state index is 10.3. The minimum absolute atomic E-state index is 0.186. The molecule has 0 aliphatic carbocycles. The van der Waals surface area contributed by atoms with Gasteiger partial charge in [0.15, 0.2) is 0 Å². The van der Waals surface area contributed by atoms with Gasteiger partial charge in [0, 0.05) is 6.42 Å². The van der Waals surface area contributed by atoms with Crippen LogP contribution >= 0.6 is 0 Å².